The quantitative estimate of drug-likeness (QED) is 0.0775. The molecule has 22 rings (SSSR count). The van der Waals surface area contributed by atoms with Crippen LogP contribution in [-0.2, 0) is 8.23 Å². The number of nitrogens with zero attached hydrogens (tertiary/aromatic N) is 4. The van der Waals surface area contributed by atoms with Gasteiger partial charge in [0.1, 0.15) is 0 Å². The molecular formula is C108H88N4O2S4Si4. The molecule has 0 amide bonds. The molecule has 122 heavy (non-hydrogen) atoms. The summed E-state index contributed by atoms with van der Waals surface area (Å²) in [6, 6.07) is 143. The Morgan fingerprint density at radius 2 is 0.352 bits per heavy atom. The van der Waals surface area contributed by atoms with E-state index in [2.05, 4.69) is 460 Å². The number of fused-ring (bicyclic) bond motifs is 12. The molecule has 0 radical (unpaired) electrons. The van der Waals surface area contributed by atoms with Crippen LogP contribution in [-0.4, -0.2) is 33.3 Å². The van der Waals surface area contributed by atoms with Crippen molar-refractivity contribution < 1.29 is 8.23 Å². The average molecular weight is 1710 g/mol. The summed E-state index contributed by atoms with van der Waals surface area (Å²) >= 11 is 7.38. The van der Waals surface area contributed by atoms with Gasteiger partial charge in [0.25, 0.3) is 0 Å². The lowest BCUT2D eigenvalue weighted by atomic mass is 9.90. The molecule has 0 aromatic heterocycles. The molecule has 0 fully saturated rings. The smallest absolute Gasteiger partial charge is 0.206 e. The zero-order valence-corrected chi connectivity index (χ0v) is 76.5. The van der Waals surface area contributed by atoms with Gasteiger partial charge < -0.3 is 27.8 Å². The van der Waals surface area contributed by atoms with Gasteiger partial charge in [-0.15, -0.1) is 0 Å². The maximum absolute atomic E-state index is 7.51. The van der Waals surface area contributed by atoms with E-state index < -0.39 is 33.3 Å². The van der Waals surface area contributed by atoms with E-state index in [1.54, 1.807) is 0 Å². The highest BCUT2D eigenvalue weighted by Crippen LogP contribution is 2.59. The minimum atomic E-state index is -2.40. The maximum atomic E-state index is 7.51. The van der Waals surface area contributed by atoms with Gasteiger partial charge in [0.05, 0.1) is 56.9 Å². The summed E-state index contributed by atoms with van der Waals surface area (Å²) in [4.78, 5) is 19.9. The first-order valence-corrected chi connectivity index (χ1v) is 56.7. The van der Waals surface area contributed by atoms with Crippen molar-refractivity contribution >= 4 is 212 Å². The number of anilines is 12. The highest BCUT2D eigenvalue weighted by Gasteiger charge is 2.40. The summed E-state index contributed by atoms with van der Waals surface area (Å²) in [5, 5.41) is 15.1. The lowest BCUT2D eigenvalue weighted by Crippen LogP contribution is -2.57. The minimum Gasteiger partial charge on any atom is -0.449 e. The topological polar surface area (TPSA) is 31.4 Å². The van der Waals surface area contributed by atoms with Gasteiger partial charge in [0, 0.05) is 72.1 Å². The van der Waals surface area contributed by atoms with Crippen molar-refractivity contribution in [3.8, 4) is 22.3 Å². The molecule has 6 nitrogen and oxygen atoms in total. The molecule has 0 bridgehead atoms. The average Bonchev–Trinajstić information content (AvgIpc) is 0.721. The van der Waals surface area contributed by atoms with Gasteiger partial charge in [-0.3, -0.25) is 0 Å². The Bertz CT molecular complexity index is 6430. The lowest BCUT2D eigenvalue weighted by molar-refractivity contribution is 0.572. The third-order valence-corrected chi connectivity index (χ3v) is 44.0. The van der Waals surface area contributed by atoms with E-state index in [1.807, 2.05) is 47.0 Å². The summed E-state index contributed by atoms with van der Waals surface area (Å²) in [7, 11) is -9.26. The second-order valence-corrected chi connectivity index (χ2v) is 54.0. The van der Waals surface area contributed by atoms with Crippen molar-refractivity contribution in [3.63, 3.8) is 0 Å². The predicted molar refractivity (Wildman–Crippen MR) is 533 cm³/mol. The fraction of sp³-hybridized carbons (Fsp3) is 0.0741. The highest BCUT2D eigenvalue weighted by atomic mass is 32.2. The van der Waals surface area contributed by atoms with Crippen molar-refractivity contribution in [2.24, 2.45) is 0 Å². The second kappa shape index (κ2) is 31.4. The Hall–Kier alpha value is -11.6. The van der Waals surface area contributed by atoms with Gasteiger partial charge in [0.15, 0.2) is 0 Å². The van der Waals surface area contributed by atoms with Gasteiger partial charge in [-0.1, -0.05) is 314 Å². The standard InChI is InChI=1S/C68H52N2OS2Si2.C40H36N2OS2Si2/c1-74(2,47-41-37-45(38-42-47)65-49-21-5-9-25-53(49)67(54-26-10-6-22-50(54)65)69-57-29-13-17-33-61(57)72-62-34-18-14-30-58(62)69)71-75(3,4)48-43-39-46(40-44-48)66-51-23-7-11-27-55(51)68(56-28-12-8-24-52(56)66)70-59-31-15-19-35-63(59)73-64-36-20-16-32-60(64)70;1-46(2,31-25-21-29(22-26-31)41-33-13-5-9-17-37(33)44-38-18-10-6-14-34(38)41)43-47(3,4)32-27-23-30(24-28-32)42-35-15-7-11-19-39(35)45-40-20-12-8-16-36(40)42/h5-44H,1-4H3;5-28H,1-4H3. The molecule has 14 heteroatoms. The molecular weight excluding hydrogens is 1630 g/mol. The molecule has 0 N–H and O–H groups in total. The van der Waals surface area contributed by atoms with E-state index in [-0.39, 0.29) is 0 Å². The van der Waals surface area contributed by atoms with Crippen molar-refractivity contribution in [1.82, 2.24) is 0 Å². The van der Waals surface area contributed by atoms with E-state index in [9.17, 15) is 0 Å². The van der Waals surface area contributed by atoms with Gasteiger partial charge in [-0.2, -0.15) is 0 Å². The van der Waals surface area contributed by atoms with Crippen LogP contribution >= 0.6 is 47.0 Å². The molecule has 0 spiro atoms. The molecule has 4 aliphatic rings. The van der Waals surface area contributed by atoms with E-state index in [1.165, 1.54) is 194 Å². The molecule has 18 aromatic carbocycles. The summed E-state index contributed by atoms with van der Waals surface area (Å²) in [6.07, 6.45) is 0. The minimum absolute atomic E-state index is 1.17. The van der Waals surface area contributed by atoms with Gasteiger partial charge in [-0.25, -0.2) is 0 Å². The number of para-hydroxylation sites is 8. The van der Waals surface area contributed by atoms with Crippen molar-refractivity contribution in [2.75, 3.05) is 19.6 Å². The summed E-state index contributed by atoms with van der Waals surface area (Å²) < 4.78 is 14.8. The Balaban J connectivity index is 0.000000167. The van der Waals surface area contributed by atoms with Gasteiger partial charge in [-0.05, 0) is 238 Å². The molecule has 592 valence electrons. The summed E-state index contributed by atoms with van der Waals surface area (Å²) in [5.74, 6) is 0. The Morgan fingerprint density at radius 3 is 0.566 bits per heavy atom. The maximum Gasteiger partial charge on any atom is 0.206 e. The summed E-state index contributed by atoms with van der Waals surface area (Å²) in [6.45, 7) is 18.8. The molecule has 0 aliphatic carbocycles. The first-order valence-electron chi connectivity index (χ1n) is 41.8. The van der Waals surface area contributed by atoms with Crippen molar-refractivity contribution in [3.05, 3.63) is 388 Å². The fourth-order valence-corrected chi connectivity index (χ4v) is 39.0. The number of rotatable bonds is 14. The normalized spacial score (nSPS) is 13.4. The number of hydrogen-bond donors (Lipinski definition) is 0. The van der Waals surface area contributed by atoms with E-state index >= 15 is 0 Å². The number of benzene rings is 18. The first kappa shape index (κ1) is 77.7. The SMILES string of the molecule is C[Si](C)(O[Si](C)(C)c1ccc(-c2c3ccccc3c(N3c4ccccc4Sc4ccccc43)c3ccccc23)cc1)c1ccc(-c2c3ccccc3c(N3c4ccccc4Sc4ccccc43)c3ccccc23)cc1.C[Si](C)(O[Si](C)(C)c1ccc(N2c3ccccc3Sc3ccccc32)cc1)c1ccc(N2c3ccccc3Sc3ccccc32)cc1. The number of hydrogen-bond acceptors (Lipinski definition) is 10. The van der Waals surface area contributed by atoms with Crippen molar-refractivity contribution in [2.45, 2.75) is 91.5 Å². The Morgan fingerprint density at radius 1 is 0.180 bits per heavy atom. The van der Waals surface area contributed by atoms with E-state index in [0.29, 0.717) is 0 Å². The van der Waals surface area contributed by atoms with Crippen LogP contribution < -0.4 is 40.3 Å². The predicted octanol–water partition coefficient (Wildman–Crippen LogP) is 30.1. The van der Waals surface area contributed by atoms with Crippen LogP contribution in [0.25, 0.3) is 65.3 Å². The van der Waals surface area contributed by atoms with Gasteiger partial charge >= 0.3 is 0 Å². The fourth-order valence-electron chi connectivity index (χ4n) is 18.8. The molecule has 18 aromatic rings. The summed E-state index contributed by atoms with van der Waals surface area (Å²) in [5.41, 5.74) is 19.5. The van der Waals surface area contributed by atoms with Crippen LogP contribution in [0.15, 0.2) is 427 Å². The van der Waals surface area contributed by atoms with E-state index in [0.717, 1.165) is 0 Å². The van der Waals surface area contributed by atoms with Crippen LogP contribution in [0.2, 0.25) is 52.4 Å². The van der Waals surface area contributed by atoms with Crippen LogP contribution in [0.3, 0.4) is 0 Å². The first-order chi connectivity index (χ1) is 59.5. The Labute approximate surface area is 736 Å². The third kappa shape index (κ3) is 13.9. The molecule has 0 unspecified atom stereocenters. The van der Waals surface area contributed by atoms with Crippen LogP contribution in [0, 0.1) is 0 Å². The third-order valence-electron chi connectivity index (χ3n) is 24.4. The molecule has 0 saturated carbocycles. The largest absolute Gasteiger partial charge is 0.449 e. The zero-order chi connectivity index (χ0) is 82.6. The molecule has 0 saturated heterocycles. The van der Waals surface area contributed by atoms with Crippen LogP contribution in [0.4, 0.5) is 68.2 Å². The lowest BCUT2D eigenvalue weighted by Gasteiger charge is -2.36. The molecule has 4 aliphatic heterocycles. The highest BCUT2D eigenvalue weighted by molar-refractivity contribution is 8.00. The monoisotopic (exact) mass is 1710 g/mol. The van der Waals surface area contributed by atoms with E-state index in [4.69, 9.17) is 8.23 Å². The molecule has 4 heterocycles. The molecule has 0 atom stereocenters. The second-order valence-electron chi connectivity index (χ2n) is 33.6. The van der Waals surface area contributed by atoms with Crippen molar-refractivity contribution in [1.29, 1.82) is 0 Å². The van der Waals surface area contributed by atoms with Crippen LogP contribution in [0.1, 0.15) is 0 Å². The van der Waals surface area contributed by atoms with Gasteiger partial charge in [0.2, 0.25) is 33.3 Å². The Kier molecular flexibility index (Phi) is 20.0. The zero-order valence-electron chi connectivity index (χ0n) is 69.2. The van der Waals surface area contributed by atoms with Crippen LogP contribution in [0.5, 0.6) is 0 Å².